The van der Waals surface area contributed by atoms with Crippen molar-refractivity contribution in [3.63, 3.8) is 0 Å². The molecule has 0 bridgehead atoms. The van der Waals surface area contributed by atoms with Gasteiger partial charge in [-0.2, -0.15) is 0 Å². The Bertz CT molecular complexity index is 376. The van der Waals surface area contributed by atoms with E-state index in [4.69, 9.17) is 21.7 Å². The van der Waals surface area contributed by atoms with Crippen molar-refractivity contribution in [3.05, 3.63) is 30.3 Å². The third kappa shape index (κ3) is 4.95. The molecule has 17 heavy (non-hydrogen) atoms. The number of hydrogen-bond acceptors (Lipinski definition) is 4. The van der Waals surface area contributed by atoms with E-state index in [1.807, 2.05) is 32.0 Å². The Morgan fingerprint density at radius 2 is 2.00 bits per heavy atom. The zero-order valence-electron chi connectivity index (χ0n) is 10.0. The maximum atomic E-state index is 11.6. The zero-order valence-corrected chi connectivity index (χ0v) is 10.8. The summed E-state index contributed by atoms with van der Waals surface area (Å²) in [7, 11) is 0. The molecule has 0 spiro atoms. The van der Waals surface area contributed by atoms with Crippen molar-refractivity contribution in [2.24, 2.45) is 5.92 Å². The van der Waals surface area contributed by atoms with E-state index >= 15 is 0 Å². The Balaban J connectivity index is 2.42. The number of esters is 1. The highest BCUT2D eigenvalue weighted by atomic mass is 32.1. The number of benzene rings is 1. The van der Waals surface area contributed by atoms with Gasteiger partial charge in [-0.25, -0.2) is 0 Å². The van der Waals surface area contributed by atoms with E-state index in [0.29, 0.717) is 17.4 Å². The molecular weight excluding hydrogens is 236 g/mol. The minimum Gasteiger partial charge on any atom is -0.487 e. The monoisotopic (exact) mass is 252 g/mol. The van der Waals surface area contributed by atoms with Crippen LogP contribution in [0.25, 0.3) is 0 Å². The predicted octanol–water partition coefficient (Wildman–Crippen LogP) is 2.98. The number of ether oxygens (including phenoxy) is 2. The van der Waals surface area contributed by atoms with Gasteiger partial charge >= 0.3 is 5.97 Å². The fourth-order valence-corrected chi connectivity index (χ4v) is 1.48. The van der Waals surface area contributed by atoms with Crippen LogP contribution in [0.5, 0.6) is 5.75 Å². The summed E-state index contributed by atoms with van der Waals surface area (Å²) in [5.74, 6) is 0.138. The van der Waals surface area contributed by atoms with Gasteiger partial charge in [0, 0.05) is 5.92 Å². The van der Waals surface area contributed by atoms with Gasteiger partial charge in [-0.1, -0.05) is 25.1 Å². The van der Waals surface area contributed by atoms with Crippen molar-refractivity contribution in [1.29, 1.82) is 0 Å². The van der Waals surface area contributed by atoms with Gasteiger partial charge in [0.1, 0.15) is 5.75 Å². The summed E-state index contributed by atoms with van der Waals surface area (Å²) in [5, 5.41) is 0.456. The maximum absolute atomic E-state index is 11.6. The molecule has 0 saturated heterocycles. The second-order valence-corrected chi connectivity index (χ2v) is 4.05. The summed E-state index contributed by atoms with van der Waals surface area (Å²) in [6, 6.07) is 8.98. The Morgan fingerprint density at radius 3 is 2.59 bits per heavy atom. The molecule has 0 aliphatic heterocycles. The summed E-state index contributed by atoms with van der Waals surface area (Å²) >= 11 is 5.03. The van der Waals surface area contributed by atoms with Gasteiger partial charge in [-0.3, -0.25) is 4.79 Å². The van der Waals surface area contributed by atoms with Crippen LogP contribution in [0, 0.1) is 5.92 Å². The number of para-hydroxylation sites is 1. The average molecular weight is 252 g/mol. The molecule has 3 nitrogen and oxygen atoms in total. The molecule has 0 N–H and O–H groups in total. The lowest BCUT2D eigenvalue weighted by Crippen LogP contribution is -2.19. The third-order valence-electron chi connectivity index (χ3n) is 2.14. The van der Waals surface area contributed by atoms with Crippen LogP contribution in [0.2, 0.25) is 0 Å². The van der Waals surface area contributed by atoms with Gasteiger partial charge in [-0.05, 0) is 31.3 Å². The first-order valence-corrected chi connectivity index (χ1v) is 5.96. The molecule has 0 amide bonds. The van der Waals surface area contributed by atoms with E-state index < -0.39 is 0 Å². The molecule has 0 radical (unpaired) electrons. The van der Waals surface area contributed by atoms with E-state index in [2.05, 4.69) is 0 Å². The highest BCUT2D eigenvalue weighted by molar-refractivity contribution is 7.80. The maximum Gasteiger partial charge on any atom is 0.311 e. The minimum atomic E-state index is -0.300. The van der Waals surface area contributed by atoms with Crippen molar-refractivity contribution in [3.8, 4) is 5.75 Å². The van der Waals surface area contributed by atoms with Gasteiger partial charge in [-0.15, -0.1) is 0 Å². The first-order valence-electron chi connectivity index (χ1n) is 5.55. The summed E-state index contributed by atoms with van der Waals surface area (Å²) in [6.45, 7) is 4.24. The van der Waals surface area contributed by atoms with Crippen LogP contribution in [0.15, 0.2) is 30.3 Å². The highest BCUT2D eigenvalue weighted by Crippen LogP contribution is 2.12. The van der Waals surface area contributed by atoms with Crippen LogP contribution in [0.4, 0.5) is 0 Å². The number of carbonyl (C=O) groups excluding carboxylic acids is 1. The molecule has 0 aliphatic rings. The second-order valence-electron chi connectivity index (χ2n) is 3.64. The predicted molar refractivity (Wildman–Crippen MR) is 70.1 cm³/mol. The molecule has 4 heteroatoms. The quantitative estimate of drug-likeness (QED) is 0.458. The molecule has 1 atom stereocenters. The number of rotatable bonds is 5. The number of hydrogen-bond donors (Lipinski definition) is 0. The van der Waals surface area contributed by atoms with E-state index in [0.717, 1.165) is 0 Å². The van der Waals surface area contributed by atoms with Gasteiger partial charge in [0.2, 0.25) is 0 Å². The molecular formula is C13H16O3S. The summed E-state index contributed by atoms with van der Waals surface area (Å²) in [4.78, 5) is 11.6. The standard InChI is InChI=1S/C13H16O3S/c1-3-15-13(17)10(2)9-12(14)16-11-7-5-4-6-8-11/h4-8,10H,3,9H2,1-2H3. The van der Waals surface area contributed by atoms with Crippen molar-refractivity contribution in [2.75, 3.05) is 6.61 Å². The first-order chi connectivity index (χ1) is 8.13. The summed E-state index contributed by atoms with van der Waals surface area (Å²) < 4.78 is 10.3. The van der Waals surface area contributed by atoms with Crippen LogP contribution < -0.4 is 4.74 Å². The number of thiocarbonyl (C=S) groups is 1. The van der Waals surface area contributed by atoms with E-state index in [-0.39, 0.29) is 18.3 Å². The topological polar surface area (TPSA) is 35.5 Å². The molecule has 92 valence electrons. The van der Waals surface area contributed by atoms with E-state index in [9.17, 15) is 4.79 Å². The Labute approximate surface area is 107 Å². The molecule has 0 fully saturated rings. The van der Waals surface area contributed by atoms with E-state index in [1.165, 1.54) is 0 Å². The third-order valence-corrected chi connectivity index (χ3v) is 2.66. The summed E-state index contributed by atoms with van der Waals surface area (Å²) in [5.41, 5.74) is 0. The van der Waals surface area contributed by atoms with E-state index in [1.54, 1.807) is 12.1 Å². The Hall–Kier alpha value is -1.42. The summed E-state index contributed by atoms with van der Waals surface area (Å²) in [6.07, 6.45) is 0.230. The molecule has 0 aromatic heterocycles. The minimum absolute atomic E-state index is 0.110. The largest absolute Gasteiger partial charge is 0.487 e. The molecule has 0 saturated carbocycles. The molecule has 1 unspecified atom stereocenters. The molecule has 1 aromatic rings. The smallest absolute Gasteiger partial charge is 0.311 e. The SMILES string of the molecule is CCOC(=S)C(C)CC(=O)Oc1ccccc1. The van der Waals surface area contributed by atoms with Crippen molar-refractivity contribution in [2.45, 2.75) is 20.3 Å². The lowest BCUT2D eigenvalue weighted by Gasteiger charge is -2.12. The molecule has 1 aromatic carbocycles. The fourth-order valence-electron chi connectivity index (χ4n) is 1.28. The molecule has 0 heterocycles. The van der Waals surface area contributed by atoms with Gasteiger partial charge in [0.25, 0.3) is 0 Å². The van der Waals surface area contributed by atoms with Crippen LogP contribution in [-0.2, 0) is 9.53 Å². The van der Waals surface area contributed by atoms with Crippen LogP contribution in [0.3, 0.4) is 0 Å². The van der Waals surface area contributed by atoms with Crippen LogP contribution >= 0.6 is 12.2 Å². The fraction of sp³-hybridized carbons (Fsp3) is 0.385. The Kier molecular flexibility index (Phi) is 5.63. The average Bonchev–Trinajstić information content (AvgIpc) is 2.30. The first kappa shape index (κ1) is 13.6. The molecule has 1 rings (SSSR count). The normalized spacial score (nSPS) is 11.6. The molecule has 0 aliphatic carbocycles. The highest BCUT2D eigenvalue weighted by Gasteiger charge is 2.16. The zero-order chi connectivity index (χ0) is 12.7. The second kappa shape index (κ2) is 7.01. The number of carbonyl (C=O) groups is 1. The lowest BCUT2D eigenvalue weighted by atomic mass is 10.1. The Morgan fingerprint density at radius 1 is 1.35 bits per heavy atom. The van der Waals surface area contributed by atoms with Gasteiger partial charge < -0.3 is 9.47 Å². The van der Waals surface area contributed by atoms with Crippen molar-refractivity contribution in [1.82, 2.24) is 0 Å². The van der Waals surface area contributed by atoms with Crippen molar-refractivity contribution >= 4 is 23.2 Å². The van der Waals surface area contributed by atoms with Gasteiger partial charge in [0.05, 0.1) is 13.0 Å². The van der Waals surface area contributed by atoms with Crippen LogP contribution in [0.1, 0.15) is 20.3 Å². The van der Waals surface area contributed by atoms with Crippen LogP contribution in [-0.4, -0.2) is 17.6 Å². The lowest BCUT2D eigenvalue weighted by molar-refractivity contribution is -0.134. The van der Waals surface area contributed by atoms with Gasteiger partial charge in [0.15, 0.2) is 5.05 Å². The van der Waals surface area contributed by atoms with Crippen molar-refractivity contribution < 1.29 is 14.3 Å².